The summed E-state index contributed by atoms with van der Waals surface area (Å²) in [6.07, 6.45) is -1.88. The summed E-state index contributed by atoms with van der Waals surface area (Å²) < 4.78 is 31.8. The smallest absolute Gasteiger partial charge is 0.305 e. The van der Waals surface area contributed by atoms with Gasteiger partial charge >= 0.3 is 29.8 Å². The second-order valence-electron chi connectivity index (χ2n) is 7.33. The number of methoxy groups -OCH3 is 1. The zero-order valence-electron chi connectivity index (χ0n) is 19.5. The maximum Gasteiger partial charge on any atom is 0.305 e. The molecule has 0 unspecified atom stereocenters. The van der Waals surface area contributed by atoms with Crippen LogP contribution < -0.4 is 0 Å². The van der Waals surface area contributed by atoms with Crippen molar-refractivity contribution in [2.45, 2.75) is 83.2 Å². The monoisotopic (exact) mass is 492 g/mol. The van der Waals surface area contributed by atoms with Gasteiger partial charge in [-0.05, 0) is 18.6 Å². The summed E-state index contributed by atoms with van der Waals surface area (Å²) in [6.45, 7) is 4.51. The van der Waals surface area contributed by atoms with Crippen molar-refractivity contribution >= 4 is 41.6 Å². The molecule has 0 aromatic rings. The predicted molar refractivity (Wildman–Crippen MR) is 115 cm³/mol. The fraction of sp³-hybridized carbons (Fsp3) is 0.762. The lowest BCUT2D eigenvalue weighted by Gasteiger charge is -2.44. The van der Waals surface area contributed by atoms with Crippen molar-refractivity contribution in [2.24, 2.45) is 0 Å². The highest BCUT2D eigenvalue weighted by atomic mass is 32.2. The van der Waals surface area contributed by atoms with Crippen LogP contribution in [0, 0.1) is 0 Å². The zero-order valence-corrected chi connectivity index (χ0v) is 20.3. The predicted octanol–water partition coefficient (Wildman–Crippen LogP) is 1.54. The van der Waals surface area contributed by atoms with Gasteiger partial charge < -0.3 is 28.4 Å². The number of hydrogen-bond donors (Lipinski definition) is 0. The van der Waals surface area contributed by atoms with E-state index in [4.69, 9.17) is 23.7 Å². The molecule has 0 amide bonds. The zero-order chi connectivity index (χ0) is 25.0. The molecule has 0 N–H and O–H groups in total. The highest BCUT2D eigenvalue weighted by Gasteiger charge is 2.52. The van der Waals surface area contributed by atoms with Gasteiger partial charge in [-0.1, -0.05) is 6.42 Å². The van der Waals surface area contributed by atoms with Crippen LogP contribution in [-0.4, -0.2) is 79.2 Å². The van der Waals surface area contributed by atoms with Gasteiger partial charge in [-0.25, -0.2) is 0 Å². The third kappa shape index (κ3) is 10.9. The van der Waals surface area contributed by atoms with E-state index < -0.39 is 53.7 Å². The van der Waals surface area contributed by atoms with E-state index in [1.807, 2.05) is 0 Å². The topological polar surface area (TPSA) is 141 Å². The van der Waals surface area contributed by atoms with Crippen molar-refractivity contribution < 1.29 is 52.4 Å². The van der Waals surface area contributed by atoms with Crippen molar-refractivity contribution in [3.63, 3.8) is 0 Å². The maximum atomic E-state index is 11.8. The molecule has 0 saturated carbocycles. The van der Waals surface area contributed by atoms with Crippen LogP contribution in [0.5, 0.6) is 0 Å². The molecule has 33 heavy (non-hydrogen) atoms. The fourth-order valence-corrected chi connectivity index (χ4v) is 4.40. The summed E-state index contributed by atoms with van der Waals surface area (Å²) >= 11 is 1.31. The van der Waals surface area contributed by atoms with Crippen LogP contribution >= 0.6 is 11.8 Å². The molecule has 12 heteroatoms. The van der Waals surface area contributed by atoms with Gasteiger partial charge in [-0.3, -0.25) is 24.0 Å². The normalized spacial score (nSPS) is 24.3. The number of thioether (sulfide) groups is 1. The van der Waals surface area contributed by atoms with Gasteiger partial charge in [0, 0.05) is 34.1 Å². The standard InChI is InChI=1S/C21H32O11S/c1-12(22)28-11-16-18(29-13(2)23)19(30-14(3)24)20(31-15(4)25)21(32-16)33-10-8-6-7-9-17(26)27-5/h16,18-21H,6-11H2,1-5H3/t16-,18-,19+,20+,21-/m1/s1. The summed E-state index contributed by atoms with van der Waals surface area (Å²) in [5.74, 6) is -2.25. The molecule has 0 bridgehead atoms. The van der Waals surface area contributed by atoms with Crippen LogP contribution in [0.1, 0.15) is 53.4 Å². The SMILES string of the molecule is COC(=O)CCCCCS[C@H]1O[C@H](COC(C)=O)[C@@H](OC(C)=O)[C@H](OC(C)=O)[C@@H]1OC(C)=O. The van der Waals surface area contributed by atoms with Gasteiger partial charge in [0.1, 0.15) is 18.1 Å². The Kier molecular flexibility index (Phi) is 12.8. The van der Waals surface area contributed by atoms with Crippen LogP contribution in [0.4, 0.5) is 0 Å². The molecular formula is C21H32O11S. The van der Waals surface area contributed by atoms with E-state index in [1.54, 1.807) is 0 Å². The van der Waals surface area contributed by atoms with E-state index in [9.17, 15) is 24.0 Å². The van der Waals surface area contributed by atoms with Gasteiger partial charge in [0.05, 0.1) is 7.11 Å². The third-order valence-corrected chi connectivity index (χ3v) is 5.72. The van der Waals surface area contributed by atoms with Gasteiger partial charge in [0.2, 0.25) is 0 Å². The van der Waals surface area contributed by atoms with E-state index in [-0.39, 0.29) is 12.6 Å². The number of hydrogen-bond acceptors (Lipinski definition) is 12. The lowest BCUT2D eigenvalue weighted by Crippen LogP contribution is -2.61. The molecule has 1 saturated heterocycles. The molecule has 0 radical (unpaired) electrons. The quantitative estimate of drug-likeness (QED) is 0.222. The first-order valence-corrected chi connectivity index (χ1v) is 11.6. The molecule has 0 aromatic carbocycles. The Labute approximate surface area is 197 Å². The number of carbonyl (C=O) groups is 5. The number of carbonyl (C=O) groups excluding carboxylic acids is 5. The molecule has 0 aromatic heterocycles. The molecule has 11 nitrogen and oxygen atoms in total. The first kappa shape index (κ1) is 28.7. The molecule has 188 valence electrons. The average Bonchev–Trinajstić information content (AvgIpc) is 2.71. The summed E-state index contributed by atoms with van der Waals surface area (Å²) in [5, 5.41) is 0. The van der Waals surface area contributed by atoms with E-state index >= 15 is 0 Å². The number of esters is 5. The summed E-state index contributed by atoms with van der Waals surface area (Å²) in [4.78, 5) is 57.8. The van der Waals surface area contributed by atoms with Crippen LogP contribution in [0.2, 0.25) is 0 Å². The molecular weight excluding hydrogens is 460 g/mol. The van der Waals surface area contributed by atoms with Crippen LogP contribution in [0.15, 0.2) is 0 Å². The molecule has 1 fully saturated rings. The Morgan fingerprint density at radius 1 is 0.758 bits per heavy atom. The Morgan fingerprint density at radius 3 is 1.88 bits per heavy atom. The number of ether oxygens (including phenoxy) is 6. The average molecular weight is 493 g/mol. The molecule has 0 aliphatic carbocycles. The minimum absolute atomic E-state index is 0.256. The summed E-state index contributed by atoms with van der Waals surface area (Å²) in [5.41, 5.74) is -0.786. The highest BCUT2D eigenvalue weighted by molar-refractivity contribution is 7.99. The molecule has 5 atom stereocenters. The van der Waals surface area contributed by atoms with E-state index in [0.717, 1.165) is 12.8 Å². The Morgan fingerprint density at radius 2 is 1.33 bits per heavy atom. The Hall–Kier alpha value is -2.34. The minimum Gasteiger partial charge on any atom is -0.469 e. The van der Waals surface area contributed by atoms with Gasteiger partial charge in [0.15, 0.2) is 18.3 Å². The van der Waals surface area contributed by atoms with Crippen molar-refractivity contribution in [2.75, 3.05) is 19.5 Å². The van der Waals surface area contributed by atoms with Crippen LogP contribution in [0.25, 0.3) is 0 Å². The first-order valence-electron chi connectivity index (χ1n) is 10.5. The van der Waals surface area contributed by atoms with Crippen molar-refractivity contribution in [3.8, 4) is 0 Å². The van der Waals surface area contributed by atoms with Crippen LogP contribution in [-0.2, 0) is 52.4 Å². The molecule has 1 rings (SSSR count). The summed E-state index contributed by atoms with van der Waals surface area (Å²) in [7, 11) is 1.34. The van der Waals surface area contributed by atoms with Crippen LogP contribution in [0.3, 0.4) is 0 Å². The van der Waals surface area contributed by atoms with Gasteiger partial charge in [-0.2, -0.15) is 0 Å². The second kappa shape index (κ2) is 14.7. The Bertz CT molecular complexity index is 696. The molecule has 0 spiro atoms. The van der Waals surface area contributed by atoms with Crippen molar-refractivity contribution in [3.05, 3.63) is 0 Å². The number of rotatable bonds is 12. The van der Waals surface area contributed by atoms with E-state index in [0.29, 0.717) is 18.6 Å². The first-order chi connectivity index (χ1) is 15.5. The Balaban J connectivity index is 3.00. The fourth-order valence-electron chi connectivity index (χ4n) is 3.17. The third-order valence-electron chi connectivity index (χ3n) is 4.48. The number of unbranched alkanes of at least 4 members (excludes halogenated alkanes) is 2. The largest absolute Gasteiger partial charge is 0.469 e. The van der Waals surface area contributed by atoms with E-state index in [2.05, 4.69) is 4.74 Å². The maximum absolute atomic E-state index is 11.8. The molecule has 1 aliphatic heterocycles. The lowest BCUT2D eigenvalue weighted by molar-refractivity contribution is -0.237. The van der Waals surface area contributed by atoms with Crippen molar-refractivity contribution in [1.82, 2.24) is 0 Å². The molecule has 1 heterocycles. The van der Waals surface area contributed by atoms with E-state index in [1.165, 1.54) is 46.6 Å². The summed E-state index contributed by atoms with van der Waals surface area (Å²) in [6, 6.07) is 0. The highest BCUT2D eigenvalue weighted by Crippen LogP contribution is 2.34. The van der Waals surface area contributed by atoms with Gasteiger partial charge in [-0.15, -0.1) is 11.8 Å². The minimum atomic E-state index is -1.17. The second-order valence-corrected chi connectivity index (χ2v) is 8.53. The molecule has 1 aliphatic rings. The lowest BCUT2D eigenvalue weighted by atomic mass is 9.99. The van der Waals surface area contributed by atoms with Crippen molar-refractivity contribution in [1.29, 1.82) is 0 Å². The van der Waals surface area contributed by atoms with Gasteiger partial charge in [0.25, 0.3) is 0 Å².